The predicted octanol–water partition coefficient (Wildman–Crippen LogP) is 2.78. The molecule has 1 heterocycles. The molecule has 2 fully saturated rings. The molecule has 1 saturated heterocycles. The second-order valence-corrected chi connectivity index (χ2v) is 6.04. The van der Waals surface area contributed by atoms with E-state index >= 15 is 0 Å². The van der Waals surface area contributed by atoms with Gasteiger partial charge in [0.15, 0.2) is 0 Å². The molecule has 114 valence electrons. The number of carbonyl (C=O) groups excluding carboxylic acids is 1. The molecule has 0 spiro atoms. The Morgan fingerprint density at radius 3 is 2.15 bits per heavy atom. The molecule has 1 N–H and O–H groups in total. The molecule has 20 heavy (non-hydrogen) atoms. The van der Waals surface area contributed by atoms with Crippen molar-refractivity contribution in [1.82, 2.24) is 5.32 Å². The first-order valence-electron chi connectivity index (χ1n) is 7.58. The van der Waals surface area contributed by atoms with Crippen LogP contribution in [0.15, 0.2) is 4.99 Å². The summed E-state index contributed by atoms with van der Waals surface area (Å²) in [7, 11) is 0. The number of ketones is 1. The first kappa shape index (κ1) is 15.5. The highest BCUT2D eigenvalue weighted by Gasteiger charge is 2.34. The number of hydrogen-bond acceptors (Lipinski definition) is 3. The molecule has 1 aliphatic heterocycles. The normalized spacial score (nSPS) is 39.6. The maximum Gasteiger partial charge on any atom is 0.146 e. The van der Waals surface area contributed by atoms with Gasteiger partial charge < -0.3 is 0 Å². The highest BCUT2D eigenvalue weighted by atomic mass is 19.1. The van der Waals surface area contributed by atoms with E-state index in [1.807, 2.05) is 6.92 Å². The standard InChI is InChI=1S/C15H24F2N2O/c1-9(13-7-4-8-14(19-13)10(2)20)18-15-11(16)5-3-6-12(15)17/h11-15,19H,3-8H2,1-2H3. The molecule has 2 rings (SSSR count). The maximum absolute atomic E-state index is 13.8. The van der Waals surface area contributed by atoms with Crippen LogP contribution in [0.2, 0.25) is 0 Å². The van der Waals surface area contributed by atoms with Crippen LogP contribution in [-0.4, -0.2) is 42.0 Å². The molecule has 4 unspecified atom stereocenters. The zero-order valence-corrected chi connectivity index (χ0v) is 12.2. The number of piperidine rings is 1. The highest BCUT2D eigenvalue weighted by molar-refractivity contribution is 5.89. The van der Waals surface area contributed by atoms with Crippen molar-refractivity contribution in [3.05, 3.63) is 0 Å². The van der Waals surface area contributed by atoms with E-state index < -0.39 is 18.4 Å². The molecular formula is C15H24F2N2O. The third-order valence-corrected chi connectivity index (χ3v) is 4.44. The van der Waals surface area contributed by atoms with Crippen LogP contribution in [0.3, 0.4) is 0 Å². The van der Waals surface area contributed by atoms with Crippen molar-refractivity contribution in [3.63, 3.8) is 0 Å². The molecule has 3 nitrogen and oxygen atoms in total. The molecule has 0 bridgehead atoms. The monoisotopic (exact) mass is 286 g/mol. The number of carbonyl (C=O) groups is 1. The summed E-state index contributed by atoms with van der Waals surface area (Å²) >= 11 is 0. The van der Waals surface area contributed by atoms with Gasteiger partial charge in [-0.05, 0) is 52.4 Å². The van der Waals surface area contributed by atoms with Gasteiger partial charge in [0.1, 0.15) is 24.2 Å². The molecule has 0 aromatic carbocycles. The van der Waals surface area contributed by atoms with E-state index in [4.69, 9.17) is 0 Å². The third-order valence-electron chi connectivity index (χ3n) is 4.44. The van der Waals surface area contributed by atoms with Crippen molar-refractivity contribution >= 4 is 11.5 Å². The minimum Gasteiger partial charge on any atom is -0.299 e. The van der Waals surface area contributed by atoms with Crippen LogP contribution in [0.4, 0.5) is 8.78 Å². The lowest BCUT2D eigenvalue weighted by Gasteiger charge is -2.32. The van der Waals surface area contributed by atoms with Gasteiger partial charge >= 0.3 is 0 Å². The quantitative estimate of drug-likeness (QED) is 0.811. The summed E-state index contributed by atoms with van der Waals surface area (Å²) in [5.74, 6) is 0.118. The molecule has 0 aromatic heterocycles. The summed E-state index contributed by atoms with van der Waals surface area (Å²) in [5.41, 5.74) is 0.730. The van der Waals surface area contributed by atoms with Gasteiger partial charge in [-0.3, -0.25) is 15.1 Å². The van der Waals surface area contributed by atoms with Crippen LogP contribution in [0.25, 0.3) is 0 Å². The molecule has 5 heteroatoms. The average molecular weight is 286 g/mol. The van der Waals surface area contributed by atoms with E-state index in [1.165, 1.54) is 0 Å². The van der Waals surface area contributed by atoms with E-state index in [9.17, 15) is 13.6 Å². The number of Topliss-reactive ketones (excluding diaryl/α,β-unsaturated/α-hetero) is 1. The zero-order valence-electron chi connectivity index (χ0n) is 12.2. The number of rotatable bonds is 3. The van der Waals surface area contributed by atoms with Gasteiger partial charge in [0.2, 0.25) is 0 Å². The van der Waals surface area contributed by atoms with Crippen LogP contribution in [0.1, 0.15) is 52.4 Å². The number of nitrogens with one attached hydrogen (secondary N) is 1. The number of alkyl halides is 2. The Balaban J connectivity index is 2.03. The summed E-state index contributed by atoms with van der Waals surface area (Å²) in [6.07, 6.45) is 1.69. The Labute approximate surface area is 119 Å². The first-order valence-corrected chi connectivity index (χ1v) is 7.58. The first-order chi connectivity index (χ1) is 9.49. The smallest absolute Gasteiger partial charge is 0.146 e. The minimum atomic E-state index is -1.18. The Hall–Kier alpha value is -0.840. The fourth-order valence-electron chi connectivity index (χ4n) is 3.15. The Morgan fingerprint density at radius 2 is 1.55 bits per heavy atom. The lowest BCUT2D eigenvalue weighted by molar-refractivity contribution is -0.119. The second-order valence-electron chi connectivity index (χ2n) is 6.04. The summed E-state index contributed by atoms with van der Waals surface area (Å²) < 4.78 is 27.6. The number of aliphatic imine (C=N–C) groups is 1. The number of halogens is 2. The van der Waals surface area contributed by atoms with Crippen molar-refractivity contribution in [1.29, 1.82) is 0 Å². The van der Waals surface area contributed by atoms with Crippen LogP contribution in [0.5, 0.6) is 0 Å². The minimum absolute atomic E-state index is 0.0287. The van der Waals surface area contributed by atoms with Crippen molar-refractivity contribution < 1.29 is 13.6 Å². The van der Waals surface area contributed by atoms with Crippen molar-refractivity contribution in [2.24, 2.45) is 4.99 Å². The molecular weight excluding hydrogens is 262 g/mol. The van der Waals surface area contributed by atoms with Crippen molar-refractivity contribution in [2.75, 3.05) is 0 Å². The summed E-state index contributed by atoms with van der Waals surface area (Å²) in [6.45, 7) is 3.39. The molecule has 2 aliphatic rings. The third kappa shape index (κ3) is 3.62. The summed E-state index contributed by atoms with van der Waals surface area (Å²) in [4.78, 5) is 15.7. The van der Waals surface area contributed by atoms with Gasteiger partial charge in [-0.25, -0.2) is 8.78 Å². The number of nitrogens with zero attached hydrogens (tertiary/aromatic N) is 1. The second kappa shape index (κ2) is 6.74. The fourth-order valence-corrected chi connectivity index (χ4v) is 3.15. The van der Waals surface area contributed by atoms with E-state index in [0.717, 1.165) is 25.0 Å². The van der Waals surface area contributed by atoms with Crippen molar-refractivity contribution in [3.8, 4) is 0 Å². The van der Waals surface area contributed by atoms with Gasteiger partial charge in [-0.15, -0.1) is 0 Å². The van der Waals surface area contributed by atoms with E-state index in [2.05, 4.69) is 10.3 Å². The van der Waals surface area contributed by atoms with Crippen LogP contribution < -0.4 is 5.32 Å². The fraction of sp³-hybridized carbons (Fsp3) is 0.867. The molecule has 0 radical (unpaired) electrons. The Kier molecular flexibility index (Phi) is 5.24. The summed E-state index contributed by atoms with van der Waals surface area (Å²) in [6, 6.07) is -1.03. The lowest BCUT2D eigenvalue weighted by Crippen LogP contribution is -2.49. The van der Waals surface area contributed by atoms with Crippen LogP contribution in [-0.2, 0) is 4.79 Å². The summed E-state index contributed by atoms with van der Waals surface area (Å²) in [5, 5.41) is 3.25. The topological polar surface area (TPSA) is 41.5 Å². The van der Waals surface area contributed by atoms with E-state index in [-0.39, 0.29) is 17.9 Å². The van der Waals surface area contributed by atoms with Gasteiger partial charge in [-0.2, -0.15) is 0 Å². The molecule has 0 aromatic rings. The average Bonchev–Trinajstić information content (AvgIpc) is 2.43. The molecule has 1 aliphatic carbocycles. The van der Waals surface area contributed by atoms with Gasteiger partial charge in [0.25, 0.3) is 0 Å². The Morgan fingerprint density at radius 1 is 1.00 bits per heavy atom. The molecule has 1 saturated carbocycles. The highest BCUT2D eigenvalue weighted by Crippen LogP contribution is 2.27. The van der Waals surface area contributed by atoms with Gasteiger partial charge in [0, 0.05) is 11.8 Å². The molecule has 4 atom stereocenters. The van der Waals surface area contributed by atoms with Gasteiger partial charge in [-0.1, -0.05) is 0 Å². The maximum atomic E-state index is 13.8. The molecule has 0 amide bonds. The number of hydrogen-bond donors (Lipinski definition) is 1. The largest absolute Gasteiger partial charge is 0.299 e. The Bertz CT molecular complexity index is 376. The van der Waals surface area contributed by atoms with E-state index in [0.29, 0.717) is 19.3 Å². The van der Waals surface area contributed by atoms with Crippen LogP contribution in [0, 0.1) is 0 Å². The van der Waals surface area contributed by atoms with Gasteiger partial charge in [0.05, 0.1) is 6.04 Å². The zero-order chi connectivity index (χ0) is 14.7. The predicted molar refractivity (Wildman–Crippen MR) is 75.8 cm³/mol. The van der Waals surface area contributed by atoms with Crippen LogP contribution >= 0.6 is 0 Å². The SMILES string of the molecule is CC(=O)C1CCCC(C(C)=NC2C(F)CCCC2F)N1. The van der Waals surface area contributed by atoms with Crippen molar-refractivity contribution in [2.45, 2.75) is 82.8 Å². The lowest BCUT2D eigenvalue weighted by atomic mass is 9.91. The van der Waals surface area contributed by atoms with E-state index in [1.54, 1.807) is 6.92 Å².